The second-order valence-corrected chi connectivity index (χ2v) is 10.6. The number of β-lactam (4-membered cyclic amide) rings is 1. The van der Waals surface area contributed by atoms with Gasteiger partial charge in [-0.1, -0.05) is 11.2 Å². The number of carboxylic acids is 1. The van der Waals surface area contributed by atoms with Gasteiger partial charge in [0, 0.05) is 24.0 Å². The highest BCUT2D eigenvalue weighted by Gasteiger charge is 2.54. The van der Waals surface area contributed by atoms with Crippen LogP contribution in [0.4, 0.5) is 5.13 Å². The summed E-state index contributed by atoms with van der Waals surface area (Å²) in [5.41, 5.74) is 6.33. The number of likely N-dealkylation sites (N-methyl/N-ethyl adjacent to an activating group) is 1. The number of nitrogens with zero attached hydrogens (tertiary/aromatic N) is 4. The number of thiazole rings is 1. The van der Waals surface area contributed by atoms with Gasteiger partial charge in [0.15, 0.2) is 10.8 Å². The molecule has 0 unspecified atom stereocenters. The molecule has 0 aromatic carbocycles. The summed E-state index contributed by atoms with van der Waals surface area (Å²) < 4.78 is 0.939. The molecular weight excluding hydrogens is 480 g/mol. The smallest absolute Gasteiger partial charge is 0.352 e. The molecule has 0 spiro atoms. The van der Waals surface area contributed by atoms with E-state index in [2.05, 4.69) is 22.5 Å². The molecule has 4 rings (SSSR count). The molecule has 0 saturated carbocycles. The number of carbonyl (C=O) groups is 3. The third-order valence-electron chi connectivity index (χ3n) is 6.16. The number of anilines is 1. The highest BCUT2D eigenvalue weighted by atomic mass is 32.2. The van der Waals surface area contributed by atoms with Crippen LogP contribution in [0.25, 0.3) is 0 Å². The Balaban J connectivity index is 1.48. The summed E-state index contributed by atoms with van der Waals surface area (Å²) in [6, 6.07) is -0.885. The van der Waals surface area contributed by atoms with E-state index in [1.807, 2.05) is 12.2 Å². The van der Waals surface area contributed by atoms with E-state index >= 15 is 0 Å². The summed E-state index contributed by atoms with van der Waals surface area (Å²) in [7, 11) is 3.49. The molecule has 182 valence electrons. The van der Waals surface area contributed by atoms with Crippen LogP contribution in [-0.2, 0) is 19.2 Å². The number of carbonyl (C=O) groups excluding carboxylic acids is 2. The van der Waals surface area contributed by atoms with E-state index in [-0.39, 0.29) is 22.2 Å². The SMILES string of the molecule is CO/N=C(/C(=O)N[C@@H]1C(=O)N2C(C(=O)O)=C(/C=C/C[N+]3(C)CCCC3)CS[C@H]12)c1csc(N)n1. The second-order valence-electron chi connectivity index (χ2n) is 8.59. The van der Waals surface area contributed by atoms with Crippen LogP contribution in [0.5, 0.6) is 0 Å². The lowest BCUT2D eigenvalue weighted by Crippen LogP contribution is -2.71. The van der Waals surface area contributed by atoms with Gasteiger partial charge >= 0.3 is 5.97 Å². The number of nitrogens with two attached hydrogens (primary N) is 1. The number of carboxylic acid groups (broad SMARTS) is 1. The first-order valence-corrected chi connectivity index (χ1v) is 12.7. The number of hydrogen-bond donors (Lipinski definition) is 3. The number of allylic oxidation sites excluding steroid dienone is 1. The third kappa shape index (κ3) is 4.68. The van der Waals surface area contributed by atoms with Crippen LogP contribution < -0.4 is 11.1 Å². The van der Waals surface area contributed by atoms with Gasteiger partial charge in [0.2, 0.25) is 0 Å². The number of hydrogen-bond acceptors (Lipinski definition) is 9. The number of nitrogen functional groups attached to an aromatic ring is 1. The van der Waals surface area contributed by atoms with E-state index in [9.17, 15) is 19.5 Å². The minimum Gasteiger partial charge on any atom is -0.477 e. The number of likely N-dealkylation sites (tertiary alicyclic amines) is 1. The summed E-state index contributed by atoms with van der Waals surface area (Å²) in [5.74, 6) is -1.88. The van der Waals surface area contributed by atoms with E-state index in [0.717, 1.165) is 35.5 Å². The molecule has 2 amide bonds. The molecule has 2 atom stereocenters. The van der Waals surface area contributed by atoms with Gasteiger partial charge < -0.3 is 25.5 Å². The minimum atomic E-state index is -1.16. The maximum atomic E-state index is 12.9. The third-order valence-corrected chi connectivity index (χ3v) is 8.14. The molecule has 0 aliphatic carbocycles. The highest BCUT2D eigenvalue weighted by Crippen LogP contribution is 2.40. The molecule has 4 N–H and O–H groups in total. The van der Waals surface area contributed by atoms with Crippen LogP contribution in [0.1, 0.15) is 18.5 Å². The van der Waals surface area contributed by atoms with E-state index in [1.165, 1.54) is 36.6 Å². The first-order valence-electron chi connectivity index (χ1n) is 10.8. The van der Waals surface area contributed by atoms with Crippen LogP contribution in [0.15, 0.2) is 34.0 Å². The fourth-order valence-corrected chi connectivity index (χ4v) is 6.27. The van der Waals surface area contributed by atoms with Crippen molar-refractivity contribution in [2.45, 2.75) is 24.3 Å². The number of oxime groups is 1. The second kappa shape index (κ2) is 9.76. The van der Waals surface area contributed by atoms with Crippen LogP contribution in [-0.4, -0.2) is 93.9 Å². The van der Waals surface area contributed by atoms with Gasteiger partial charge in [0.25, 0.3) is 11.8 Å². The van der Waals surface area contributed by atoms with Crippen molar-refractivity contribution in [2.24, 2.45) is 5.16 Å². The number of amides is 2. The standard InChI is InChI=1S/C21H26N6O5S2/c1-27(7-3-4-8-27)9-5-6-12-10-33-19-15(18(29)26(19)16(12)20(30)31)24-17(28)14(25-32-2)13-11-34-21(22)23-13/h5-6,11,15,19H,3-4,7-10H2,1-2H3,(H3-,22,23,24,28,30,31)/p+1/b6-5+,25-14+/t15-,19-/m1/s1. The summed E-state index contributed by atoms with van der Waals surface area (Å²) in [4.78, 5) is 47.8. The van der Waals surface area contributed by atoms with Crippen molar-refractivity contribution >= 4 is 51.7 Å². The molecule has 4 heterocycles. The van der Waals surface area contributed by atoms with Crippen LogP contribution in [0, 0.1) is 0 Å². The quantitative estimate of drug-likeness (QED) is 0.201. The normalized spacial score (nSPS) is 24.2. The summed E-state index contributed by atoms with van der Waals surface area (Å²) >= 11 is 2.55. The molecule has 11 nitrogen and oxygen atoms in total. The maximum Gasteiger partial charge on any atom is 0.352 e. The van der Waals surface area contributed by atoms with Gasteiger partial charge in [-0.05, 0) is 11.6 Å². The average Bonchev–Trinajstić information content (AvgIpc) is 3.43. The van der Waals surface area contributed by atoms with Gasteiger partial charge in [0.1, 0.15) is 29.9 Å². The monoisotopic (exact) mass is 507 g/mol. The predicted octanol–water partition coefficient (Wildman–Crippen LogP) is 0.611. The molecule has 0 bridgehead atoms. The first-order chi connectivity index (χ1) is 16.2. The van der Waals surface area contributed by atoms with Crippen LogP contribution >= 0.6 is 23.1 Å². The molecule has 0 radical (unpaired) electrons. The lowest BCUT2D eigenvalue weighted by Gasteiger charge is -2.49. The van der Waals surface area contributed by atoms with Crippen LogP contribution in [0.2, 0.25) is 0 Å². The van der Waals surface area contributed by atoms with Gasteiger partial charge in [-0.15, -0.1) is 23.1 Å². The van der Waals surface area contributed by atoms with Crippen molar-refractivity contribution in [1.29, 1.82) is 0 Å². The van der Waals surface area contributed by atoms with Gasteiger partial charge in [-0.25, -0.2) is 9.78 Å². The van der Waals surface area contributed by atoms with E-state index in [0.29, 0.717) is 11.3 Å². The van der Waals surface area contributed by atoms with Crippen molar-refractivity contribution in [3.8, 4) is 0 Å². The largest absolute Gasteiger partial charge is 0.477 e. The molecule has 34 heavy (non-hydrogen) atoms. The van der Waals surface area contributed by atoms with E-state index in [4.69, 9.17) is 10.6 Å². The molecule has 2 saturated heterocycles. The van der Waals surface area contributed by atoms with Crippen molar-refractivity contribution in [3.05, 3.63) is 34.5 Å². The van der Waals surface area contributed by atoms with Crippen molar-refractivity contribution in [2.75, 3.05) is 45.3 Å². The highest BCUT2D eigenvalue weighted by molar-refractivity contribution is 8.00. The van der Waals surface area contributed by atoms with Gasteiger partial charge in [0.05, 0.1) is 26.7 Å². The summed E-state index contributed by atoms with van der Waals surface area (Å²) in [5, 5.41) is 17.5. The van der Waals surface area contributed by atoms with E-state index in [1.54, 1.807) is 5.38 Å². The topological polar surface area (TPSA) is 147 Å². The lowest BCUT2D eigenvalue weighted by molar-refractivity contribution is -0.891. The summed E-state index contributed by atoms with van der Waals surface area (Å²) in [6.45, 7) is 3.04. The number of nitrogens with one attached hydrogen (secondary N) is 1. The van der Waals surface area contributed by atoms with Crippen molar-refractivity contribution in [3.63, 3.8) is 0 Å². The number of aromatic nitrogens is 1. The minimum absolute atomic E-state index is 0.0300. The first kappa shape index (κ1) is 24.2. The Morgan fingerprint density at radius 3 is 2.79 bits per heavy atom. The Kier molecular flexibility index (Phi) is 6.96. The van der Waals surface area contributed by atoms with Crippen LogP contribution in [0.3, 0.4) is 0 Å². The summed E-state index contributed by atoms with van der Waals surface area (Å²) in [6.07, 6.45) is 6.23. The fourth-order valence-electron chi connectivity index (χ4n) is 4.40. The lowest BCUT2D eigenvalue weighted by atomic mass is 10.0. The fraction of sp³-hybridized carbons (Fsp3) is 0.476. The molecule has 13 heteroatoms. The number of thioether (sulfide) groups is 1. The van der Waals surface area contributed by atoms with Gasteiger partial charge in [-0.3, -0.25) is 14.5 Å². The molecule has 2 fully saturated rings. The zero-order chi connectivity index (χ0) is 24.5. The maximum absolute atomic E-state index is 12.9. The zero-order valence-electron chi connectivity index (χ0n) is 18.9. The van der Waals surface area contributed by atoms with E-state index < -0.39 is 29.2 Å². The van der Waals surface area contributed by atoms with Crippen molar-refractivity contribution in [1.82, 2.24) is 15.2 Å². The number of aliphatic carboxylic acids is 1. The predicted molar refractivity (Wildman–Crippen MR) is 129 cm³/mol. The number of fused-ring (bicyclic) bond motifs is 1. The molecule has 1 aromatic rings. The molecule has 3 aliphatic rings. The Labute approximate surface area is 204 Å². The Hall–Kier alpha value is -2.90. The molecular formula is C21H27N6O5S2+. The Morgan fingerprint density at radius 2 is 2.18 bits per heavy atom. The van der Waals surface area contributed by atoms with Gasteiger partial charge in [-0.2, -0.15) is 0 Å². The molecule has 3 aliphatic heterocycles. The Bertz CT molecular complexity index is 1090. The average molecular weight is 508 g/mol. The van der Waals surface area contributed by atoms with Crippen molar-refractivity contribution < 1.29 is 28.8 Å². The number of quaternary nitrogens is 1. The molecule has 1 aromatic heterocycles. The Morgan fingerprint density at radius 1 is 1.44 bits per heavy atom. The number of rotatable bonds is 8. The zero-order valence-corrected chi connectivity index (χ0v) is 20.5.